The molecule has 6 heterocycles. The van der Waals surface area contributed by atoms with Gasteiger partial charge in [0.15, 0.2) is 0 Å². The Labute approximate surface area is 629 Å². The second-order valence-electron chi connectivity index (χ2n) is 28.5. The summed E-state index contributed by atoms with van der Waals surface area (Å²) in [5, 5.41) is 15.1. The van der Waals surface area contributed by atoms with Crippen LogP contribution in [0.25, 0.3) is 217 Å². The number of hydrogen-bond donors (Lipinski definition) is 0. The van der Waals surface area contributed by atoms with E-state index in [1.807, 2.05) is 22.7 Å². The average molecular weight is 1410 g/mol. The van der Waals surface area contributed by atoms with Gasteiger partial charge in [-0.15, -0.1) is 22.7 Å². The molecule has 0 aliphatic carbocycles. The topological polar surface area (TPSA) is 19.7 Å². The van der Waals surface area contributed by atoms with Crippen molar-refractivity contribution in [2.24, 2.45) is 0 Å². The summed E-state index contributed by atoms with van der Waals surface area (Å²) >= 11 is 3.78. The lowest BCUT2D eigenvalue weighted by molar-refractivity contribution is 1.18. The van der Waals surface area contributed by atoms with Gasteiger partial charge in [0.1, 0.15) is 0 Å². The number of para-hydroxylation sites is 5. The van der Waals surface area contributed by atoms with Crippen LogP contribution in [0, 0.1) is 0 Å². The van der Waals surface area contributed by atoms with E-state index in [0.29, 0.717) is 0 Å². The normalized spacial score (nSPS) is 12.1. The summed E-state index contributed by atoms with van der Waals surface area (Å²) in [7, 11) is 0. The standard InChI is InChI=1S/C102H62N4S2/c1-3-22-66(23-4-1)73-55-59-93(102-99(73)82-32-11-17-42-95(82)108-102)106-88-39-16-10-31-81(88)98-79(35-21-41-91(98)106)78-34-20-40-90-97(78)80-30-9-15-38-87(80)104(90)72-27-19-24-68(60-72)65-46-44-63(45-47-65)64-48-50-67(51-49-64)74-56-58-92(101-100(74)83-33-12-18-43-96(83)107-101)105-86-37-14-8-29-76(86)84-61-69(53-57-89(84)105)70-52-54-77-75-28-7-13-36-85(75)103(94(77)62-70)71-25-5-2-6-26-71/h1-62H. The summed E-state index contributed by atoms with van der Waals surface area (Å²) in [4.78, 5) is 0. The van der Waals surface area contributed by atoms with Crippen LogP contribution in [-0.4, -0.2) is 18.3 Å². The number of fused-ring (bicyclic) bond motifs is 18. The Balaban J connectivity index is 0.577. The first kappa shape index (κ1) is 60.8. The molecular weight excluding hydrogens is 1350 g/mol. The van der Waals surface area contributed by atoms with Gasteiger partial charge in [0.25, 0.3) is 0 Å². The Morgan fingerprint density at radius 1 is 0.167 bits per heavy atom. The summed E-state index contributed by atoms with van der Waals surface area (Å²) in [5.74, 6) is 0. The Bertz CT molecular complexity index is 7650. The predicted molar refractivity (Wildman–Crippen MR) is 462 cm³/mol. The van der Waals surface area contributed by atoms with Gasteiger partial charge < -0.3 is 18.3 Å². The zero-order chi connectivity index (χ0) is 70.7. The molecule has 23 rings (SSSR count). The van der Waals surface area contributed by atoms with Crippen molar-refractivity contribution in [2.75, 3.05) is 0 Å². The predicted octanol–water partition coefficient (Wildman–Crippen LogP) is 28.8. The van der Waals surface area contributed by atoms with E-state index in [2.05, 4.69) is 394 Å². The van der Waals surface area contributed by atoms with Crippen LogP contribution in [0.4, 0.5) is 0 Å². The van der Waals surface area contributed by atoms with Crippen molar-refractivity contribution in [1.29, 1.82) is 0 Å². The molecule has 0 atom stereocenters. The minimum absolute atomic E-state index is 1.12. The van der Waals surface area contributed by atoms with Crippen molar-refractivity contribution < 1.29 is 0 Å². The molecule has 502 valence electrons. The quantitative estimate of drug-likeness (QED) is 0.130. The Kier molecular flexibility index (Phi) is 13.5. The van der Waals surface area contributed by atoms with E-state index in [4.69, 9.17) is 0 Å². The molecule has 0 N–H and O–H groups in total. The molecule has 0 saturated carbocycles. The molecule has 0 aliphatic rings. The second-order valence-corrected chi connectivity index (χ2v) is 30.7. The first-order valence-corrected chi connectivity index (χ1v) is 38.7. The Hall–Kier alpha value is -13.6. The number of rotatable bonds is 10. The van der Waals surface area contributed by atoms with Gasteiger partial charge in [-0.1, -0.05) is 273 Å². The van der Waals surface area contributed by atoms with Crippen LogP contribution < -0.4 is 0 Å². The number of benzene rings is 17. The van der Waals surface area contributed by atoms with E-state index in [0.717, 1.165) is 16.9 Å². The zero-order valence-corrected chi connectivity index (χ0v) is 60.0. The summed E-state index contributed by atoms with van der Waals surface area (Å²) in [6.45, 7) is 0. The smallest absolute Gasteiger partial charge is 0.0641 e. The molecule has 108 heavy (non-hydrogen) atoms. The van der Waals surface area contributed by atoms with Crippen molar-refractivity contribution in [2.45, 2.75) is 0 Å². The fraction of sp³-hybridized carbons (Fsp3) is 0. The van der Waals surface area contributed by atoms with Crippen molar-refractivity contribution in [3.05, 3.63) is 376 Å². The van der Waals surface area contributed by atoms with Crippen LogP contribution in [0.1, 0.15) is 0 Å². The molecular formula is C102H62N4S2. The van der Waals surface area contributed by atoms with Crippen LogP contribution in [0.3, 0.4) is 0 Å². The van der Waals surface area contributed by atoms with E-state index in [1.54, 1.807) is 0 Å². The van der Waals surface area contributed by atoms with Gasteiger partial charge in [-0.3, -0.25) is 0 Å². The van der Waals surface area contributed by atoms with Crippen LogP contribution in [0.15, 0.2) is 376 Å². The third kappa shape index (κ3) is 9.15. The maximum absolute atomic E-state index is 2.53. The summed E-state index contributed by atoms with van der Waals surface area (Å²) in [6.07, 6.45) is 0. The van der Waals surface area contributed by atoms with Gasteiger partial charge in [0, 0.05) is 85.4 Å². The van der Waals surface area contributed by atoms with Gasteiger partial charge in [-0.2, -0.15) is 0 Å². The third-order valence-corrected chi connectivity index (χ3v) is 25.2. The summed E-state index contributed by atoms with van der Waals surface area (Å²) in [6, 6.07) is 140. The third-order valence-electron chi connectivity index (χ3n) is 22.8. The maximum atomic E-state index is 2.53. The minimum Gasteiger partial charge on any atom is -0.309 e. The molecule has 0 spiro atoms. The highest BCUT2D eigenvalue weighted by Gasteiger charge is 2.26. The lowest BCUT2D eigenvalue weighted by Gasteiger charge is -2.14. The van der Waals surface area contributed by atoms with Crippen LogP contribution in [0.2, 0.25) is 0 Å². The summed E-state index contributed by atoms with van der Waals surface area (Å²) < 4.78 is 15.0. The molecule has 4 nitrogen and oxygen atoms in total. The monoisotopic (exact) mass is 1410 g/mol. The average Bonchev–Trinajstić information content (AvgIpc) is 1.56. The van der Waals surface area contributed by atoms with Gasteiger partial charge in [0.2, 0.25) is 0 Å². The van der Waals surface area contributed by atoms with Crippen LogP contribution >= 0.6 is 22.7 Å². The molecule has 0 saturated heterocycles. The van der Waals surface area contributed by atoms with Crippen molar-refractivity contribution in [3.63, 3.8) is 0 Å². The maximum Gasteiger partial charge on any atom is 0.0641 e. The number of nitrogens with zero attached hydrogens (tertiary/aromatic N) is 4. The molecule has 0 unspecified atom stereocenters. The highest BCUT2D eigenvalue weighted by atomic mass is 32.1. The highest BCUT2D eigenvalue weighted by Crippen LogP contribution is 2.51. The van der Waals surface area contributed by atoms with Crippen molar-refractivity contribution in [3.8, 4) is 89.5 Å². The lowest BCUT2D eigenvalue weighted by Crippen LogP contribution is -1.95. The molecule has 0 fully saturated rings. The first-order valence-electron chi connectivity index (χ1n) is 37.0. The fourth-order valence-corrected chi connectivity index (χ4v) is 20.5. The molecule has 23 aromatic rings. The molecule has 6 aromatic heterocycles. The number of hydrogen-bond acceptors (Lipinski definition) is 2. The van der Waals surface area contributed by atoms with E-state index >= 15 is 0 Å². The first-order chi connectivity index (χ1) is 53.6. The van der Waals surface area contributed by atoms with Gasteiger partial charge in [0.05, 0.1) is 64.9 Å². The van der Waals surface area contributed by atoms with Gasteiger partial charge in [-0.05, 0) is 170 Å². The number of thiophene rings is 2. The van der Waals surface area contributed by atoms with Crippen molar-refractivity contribution in [1.82, 2.24) is 18.3 Å². The summed E-state index contributed by atoms with van der Waals surface area (Å²) in [5.41, 5.74) is 28.6. The van der Waals surface area contributed by atoms with Gasteiger partial charge in [-0.25, -0.2) is 0 Å². The zero-order valence-electron chi connectivity index (χ0n) is 58.4. The Morgan fingerprint density at radius 3 is 1.13 bits per heavy atom. The highest BCUT2D eigenvalue weighted by molar-refractivity contribution is 7.26. The molecule has 0 bridgehead atoms. The van der Waals surface area contributed by atoms with Crippen LogP contribution in [0.5, 0.6) is 0 Å². The molecule has 0 amide bonds. The number of aromatic nitrogens is 4. The molecule has 6 heteroatoms. The Morgan fingerprint density at radius 2 is 0.528 bits per heavy atom. The lowest BCUT2D eigenvalue weighted by atomic mass is 9.95. The second kappa shape index (κ2) is 24.0. The SMILES string of the molecule is c1ccc(-c2ccc(-n3c4ccccc4c4c(-c5cccc6c5c5ccccc5n6-c5cccc(-c6ccc(-c7ccc(-c8ccc(-n9c%10ccccc%10c%10cc(-c%11ccc%12c%13ccccc%13n(-c%13ccccc%13)c%12c%11)ccc%109)c9sc%10ccccc%10c89)cc7)cc6)c5)cccc43)c3sc4ccccc4c23)cc1. The fourth-order valence-electron chi connectivity index (χ4n) is 18.0. The van der Waals surface area contributed by atoms with Gasteiger partial charge >= 0.3 is 0 Å². The molecule has 0 aliphatic heterocycles. The molecule has 17 aromatic carbocycles. The van der Waals surface area contributed by atoms with E-state index in [9.17, 15) is 0 Å². The minimum atomic E-state index is 1.12. The largest absolute Gasteiger partial charge is 0.309 e. The van der Waals surface area contributed by atoms with E-state index < -0.39 is 0 Å². The van der Waals surface area contributed by atoms with Crippen molar-refractivity contribution >= 4 is 150 Å². The van der Waals surface area contributed by atoms with E-state index in [-0.39, 0.29) is 0 Å². The van der Waals surface area contributed by atoms with Crippen LogP contribution in [-0.2, 0) is 0 Å². The molecule has 0 radical (unpaired) electrons. The van der Waals surface area contributed by atoms with E-state index in [1.165, 1.54) is 200 Å².